The topological polar surface area (TPSA) is 116 Å². The van der Waals surface area contributed by atoms with E-state index in [0.717, 1.165) is 0 Å². The van der Waals surface area contributed by atoms with Crippen LogP contribution < -0.4 is 11.2 Å². The van der Waals surface area contributed by atoms with Crippen LogP contribution in [0.3, 0.4) is 0 Å². The van der Waals surface area contributed by atoms with Gasteiger partial charge in [0.15, 0.2) is 0 Å². The summed E-state index contributed by atoms with van der Waals surface area (Å²) in [6, 6.07) is -1.16. The zero-order valence-electron chi connectivity index (χ0n) is 6.80. The van der Waals surface area contributed by atoms with Crippen molar-refractivity contribution in [1.82, 2.24) is 10.3 Å². The van der Waals surface area contributed by atoms with E-state index in [1.165, 1.54) is 0 Å². The number of rotatable bonds is 2. The number of carboxylic acids is 1. The molecule has 0 radical (unpaired) electrons. The SMILES string of the molecule is NN(C(=O)O)[C@@H]1CN[C@@H](C(=O)O)C1. The third-order valence-corrected chi connectivity index (χ3v) is 2.02. The molecule has 1 rings (SSSR count). The highest BCUT2D eigenvalue weighted by Gasteiger charge is 2.33. The maximum absolute atomic E-state index is 10.5. The molecule has 1 amide bonds. The van der Waals surface area contributed by atoms with Gasteiger partial charge in [0.05, 0.1) is 6.04 Å². The maximum atomic E-state index is 10.5. The van der Waals surface area contributed by atoms with Crippen molar-refractivity contribution in [2.75, 3.05) is 6.54 Å². The molecule has 1 saturated heterocycles. The van der Waals surface area contributed by atoms with Gasteiger partial charge in [-0.2, -0.15) is 0 Å². The summed E-state index contributed by atoms with van der Waals surface area (Å²) in [5.41, 5.74) is 0. The van der Waals surface area contributed by atoms with Crippen LogP contribution in [0.25, 0.3) is 0 Å². The fraction of sp³-hybridized carbons (Fsp3) is 0.667. The first-order chi connectivity index (χ1) is 6.02. The highest BCUT2D eigenvalue weighted by molar-refractivity contribution is 5.74. The van der Waals surface area contributed by atoms with E-state index in [4.69, 9.17) is 16.1 Å². The highest BCUT2D eigenvalue weighted by atomic mass is 16.4. The molecule has 0 aromatic rings. The minimum absolute atomic E-state index is 0.206. The lowest BCUT2D eigenvalue weighted by molar-refractivity contribution is -0.139. The second-order valence-electron chi connectivity index (χ2n) is 2.88. The molecule has 0 aliphatic carbocycles. The number of hydrazine groups is 1. The molecule has 0 spiro atoms. The Bertz CT molecular complexity index is 232. The summed E-state index contributed by atoms with van der Waals surface area (Å²) in [6.07, 6.45) is -1.05. The van der Waals surface area contributed by atoms with E-state index >= 15 is 0 Å². The van der Waals surface area contributed by atoms with Crippen LogP contribution >= 0.6 is 0 Å². The molecule has 74 valence electrons. The summed E-state index contributed by atoms with van der Waals surface area (Å²) in [5, 5.41) is 20.4. The summed E-state index contributed by atoms with van der Waals surface area (Å²) in [5.74, 6) is 4.20. The largest absolute Gasteiger partial charge is 0.480 e. The van der Waals surface area contributed by atoms with Crippen molar-refractivity contribution in [3.05, 3.63) is 0 Å². The minimum atomic E-state index is -1.25. The van der Waals surface area contributed by atoms with Crippen LogP contribution in [0.1, 0.15) is 6.42 Å². The molecule has 1 aliphatic rings. The zero-order chi connectivity index (χ0) is 10.0. The number of nitrogens with zero attached hydrogens (tertiary/aromatic N) is 1. The van der Waals surface area contributed by atoms with Crippen molar-refractivity contribution < 1.29 is 19.8 Å². The van der Waals surface area contributed by atoms with Crippen LogP contribution in [0.4, 0.5) is 4.79 Å². The Kier molecular flexibility index (Phi) is 2.69. The van der Waals surface area contributed by atoms with Crippen LogP contribution in [0.15, 0.2) is 0 Å². The number of amides is 1. The quantitative estimate of drug-likeness (QED) is 0.242. The third-order valence-electron chi connectivity index (χ3n) is 2.02. The van der Waals surface area contributed by atoms with Gasteiger partial charge in [0.2, 0.25) is 0 Å². The van der Waals surface area contributed by atoms with Crippen LogP contribution in [-0.2, 0) is 4.79 Å². The predicted molar refractivity (Wildman–Crippen MR) is 41.9 cm³/mol. The molecule has 2 atom stereocenters. The van der Waals surface area contributed by atoms with Crippen molar-refractivity contribution in [2.24, 2.45) is 5.84 Å². The van der Waals surface area contributed by atoms with Crippen LogP contribution in [-0.4, -0.2) is 45.9 Å². The van der Waals surface area contributed by atoms with E-state index in [0.29, 0.717) is 5.01 Å². The number of carboxylic acid groups (broad SMARTS) is 2. The molecule has 1 fully saturated rings. The third kappa shape index (κ3) is 2.07. The van der Waals surface area contributed by atoms with Gasteiger partial charge in [-0.1, -0.05) is 0 Å². The highest BCUT2D eigenvalue weighted by Crippen LogP contribution is 2.10. The molecule has 13 heavy (non-hydrogen) atoms. The van der Waals surface area contributed by atoms with E-state index in [9.17, 15) is 9.59 Å². The lowest BCUT2D eigenvalue weighted by Gasteiger charge is -2.18. The van der Waals surface area contributed by atoms with Gasteiger partial charge in [0.25, 0.3) is 0 Å². The van der Waals surface area contributed by atoms with E-state index in [1.807, 2.05) is 0 Å². The molecule has 0 aromatic carbocycles. The standard InChI is InChI=1S/C6H11N3O4/c7-9(6(12)13)3-1-4(5(10)11)8-2-3/h3-4,8H,1-2,7H2,(H,10,11)(H,12,13)/t3-,4+/m0/s1. The van der Waals surface area contributed by atoms with E-state index in [1.54, 1.807) is 0 Å². The number of nitrogens with two attached hydrogens (primary N) is 1. The van der Waals surface area contributed by atoms with Crippen LogP contribution in [0.5, 0.6) is 0 Å². The Morgan fingerprint density at radius 1 is 1.46 bits per heavy atom. The molecule has 0 aromatic heterocycles. The maximum Gasteiger partial charge on any atom is 0.421 e. The van der Waals surface area contributed by atoms with E-state index in [-0.39, 0.29) is 13.0 Å². The molecule has 7 heteroatoms. The minimum Gasteiger partial charge on any atom is -0.480 e. The van der Waals surface area contributed by atoms with Gasteiger partial charge in [-0.3, -0.25) is 4.79 Å². The Hall–Kier alpha value is -1.34. The molecule has 5 N–H and O–H groups in total. The van der Waals surface area contributed by atoms with Gasteiger partial charge in [-0.15, -0.1) is 0 Å². The molecule has 7 nitrogen and oxygen atoms in total. The van der Waals surface area contributed by atoms with E-state index < -0.39 is 24.1 Å². The van der Waals surface area contributed by atoms with Gasteiger partial charge >= 0.3 is 12.1 Å². The number of aliphatic carboxylic acids is 1. The molecule has 1 heterocycles. The fourth-order valence-electron chi connectivity index (χ4n) is 1.27. The summed E-state index contributed by atoms with van der Waals surface area (Å²) in [6.45, 7) is 0.278. The monoisotopic (exact) mass is 189 g/mol. The molecule has 1 aliphatic heterocycles. The van der Waals surface area contributed by atoms with Crippen molar-refractivity contribution >= 4 is 12.1 Å². The average Bonchev–Trinajstić information content (AvgIpc) is 2.50. The molecular formula is C6H11N3O4. The molecule has 0 bridgehead atoms. The van der Waals surface area contributed by atoms with Crippen LogP contribution in [0, 0.1) is 0 Å². The van der Waals surface area contributed by atoms with Crippen molar-refractivity contribution in [3.8, 4) is 0 Å². The Morgan fingerprint density at radius 2 is 2.08 bits per heavy atom. The summed E-state index contributed by atoms with van der Waals surface area (Å²) in [4.78, 5) is 20.9. The Balaban J connectivity index is 2.49. The van der Waals surface area contributed by atoms with Gasteiger partial charge < -0.3 is 15.5 Å². The fourth-order valence-corrected chi connectivity index (χ4v) is 1.27. The van der Waals surface area contributed by atoms with Crippen LogP contribution in [0.2, 0.25) is 0 Å². The first kappa shape index (κ1) is 9.75. The van der Waals surface area contributed by atoms with Crippen molar-refractivity contribution in [1.29, 1.82) is 0 Å². The van der Waals surface area contributed by atoms with E-state index in [2.05, 4.69) is 5.32 Å². The lowest BCUT2D eigenvalue weighted by atomic mass is 10.2. The Morgan fingerprint density at radius 3 is 2.46 bits per heavy atom. The smallest absolute Gasteiger partial charge is 0.421 e. The van der Waals surface area contributed by atoms with Gasteiger partial charge in [0.1, 0.15) is 6.04 Å². The zero-order valence-corrected chi connectivity index (χ0v) is 6.80. The predicted octanol–water partition coefficient (Wildman–Crippen LogP) is -1.34. The first-order valence-corrected chi connectivity index (χ1v) is 3.75. The molecule has 0 unspecified atom stereocenters. The average molecular weight is 189 g/mol. The summed E-state index contributed by atoms with van der Waals surface area (Å²) < 4.78 is 0. The number of carbonyl (C=O) groups is 2. The second-order valence-corrected chi connectivity index (χ2v) is 2.88. The molecular weight excluding hydrogens is 178 g/mol. The number of hydrogen-bond donors (Lipinski definition) is 4. The summed E-state index contributed by atoms with van der Waals surface area (Å²) >= 11 is 0. The summed E-state index contributed by atoms with van der Waals surface area (Å²) in [7, 11) is 0. The van der Waals surface area contributed by atoms with Gasteiger partial charge in [-0.25, -0.2) is 15.6 Å². The van der Waals surface area contributed by atoms with Gasteiger partial charge in [-0.05, 0) is 6.42 Å². The van der Waals surface area contributed by atoms with Crippen molar-refractivity contribution in [2.45, 2.75) is 18.5 Å². The van der Waals surface area contributed by atoms with Gasteiger partial charge in [0, 0.05) is 6.54 Å². The Labute approximate surface area is 74.1 Å². The number of hydrogen-bond acceptors (Lipinski definition) is 4. The normalized spacial score (nSPS) is 27.2. The van der Waals surface area contributed by atoms with Crippen molar-refractivity contribution in [3.63, 3.8) is 0 Å². The second kappa shape index (κ2) is 3.58. The first-order valence-electron chi connectivity index (χ1n) is 3.75. The lowest BCUT2D eigenvalue weighted by Crippen LogP contribution is -2.45. The number of nitrogens with one attached hydrogen (secondary N) is 1. The molecule has 0 saturated carbocycles.